The van der Waals surface area contributed by atoms with Crippen LogP contribution in [0.4, 0.5) is 0 Å². The molecule has 2 N–H and O–H groups in total. The number of esters is 1. The van der Waals surface area contributed by atoms with E-state index in [0.29, 0.717) is 31.4 Å². The quantitative estimate of drug-likeness (QED) is 0.269. The first-order valence-electron chi connectivity index (χ1n) is 15.8. The van der Waals surface area contributed by atoms with Gasteiger partial charge < -0.3 is 34.4 Å². The van der Waals surface area contributed by atoms with E-state index in [-0.39, 0.29) is 43.9 Å². The molecule has 1 aromatic carbocycles. The number of hydrogen-bond donors (Lipinski definition) is 2. The summed E-state index contributed by atoms with van der Waals surface area (Å²) < 4.78 is 18.5. The molecule has 5 rings (SSSR count). The third-order valence-electron chi connectivity index (χ3n) is 9.18. The molecule has 2 saturated heterocycles. The highest BCUT2D eigenvalue weighted by atomic mass is 16.6. The van der Waals surface area contributed by atoms with Crippen molar-refractivity contribution in [3.8, 4) is 0 Å². The van der Waals surface area contributed by atoms with E-state index < -0.39 is 53.2 Å². The fourth-order valence-electron chi connectivity index (χ4n) is 7.13. The number of nitrogens with one attached hydrogen (secondary N) is 1. The van der Waals surface area contributed by atoms with Crippen LogP contribution in [0.1, 0.15) is 58.1 Å². The average molecular weight is 624 g/mol. The SMILES string of the molecule is COC[C@@H]1NC(=O)CC/C=C\[C@@H]2O[C@@]34C=CCN(C(C)(C)C)C(=O)[C@@H]3N(CCCCO)C(=O)[C@H]4[C@@H]2C(=O)O[C@H]1c1ccccc1. The minimum atomic E-state index is -1.41. The molecular formula is C34H45N3O8. The molecule has 11 nitrogen and oxygen atoms in total. The Balaban J connectivity index is 1.60. The van der Waals surface area contributed by atoms with Crippen molar-refractivity contribution >= 4 is 23.7 Å². The maximum Gasteiger partial charge on any atom is 0.313 e. The first-order chi connectivity index (χ1) is 21.5. The fraction of sp³-hybridized carbons (Fsp3) is 0.588. The van der Waals surface area contributed by atoms with Crippen LogP contribution in [-0.4, -0.2) is 101 Å². The molecule has 0 saturated carbocycles. The summed E-state index contributed by atoms with van der Waals surface area (Å²) in [5.74, 6) is -3.55. The standard InChI is InChI=1S/C34H45N3O8/c1-33(2,3)37-19-12-17-34-27(30(40)36(18-10-11-20-38)29(34)31(37)41)26-24(45-34)15-8-9-16-25(39)35-23(21-43-4)28(44-32(26)42)22-13-6-5-7-14-22/h5-8,12-15,17,23-24,26-29,38H,9-11,16,18-21H2,1-4H3,(H,35,39)/b15-8-/t23-,24-,26+,27+,28-,29-,34+/m0/s1. The Morgan fingerprint density at radius 2 is 1.82 bits per heavy atom. The lowest BCUT2D eigenvalue weighted by molar-refractivity contribution is -0.162. The maximum atomic E-state index is 14.5. The third kappa shape index (κ3) is 6.30. The molecule has 1 spiro atoms. The zero-order chi connectivity index (χ0) is 32.4. The lowest BCUT2D eigenvalue weighted by atomic mass is 9.77. The molecule has 11 heteroatoms. The highest BCUT2D eigenvalue weighted by Gasteiger charge is 2.72. The molecule has 3 amide bonds. The number of unbranched alkanes of at least 4 members (excludes halogenated alkanes) is 1. The number of nitrogens with zero attached hydrogens (tertiary/aromatic N) is 2. The number of aliphatic hydroxyl groups is 1. The number of rotatable bonds is 7. The second kappa shape index (κ2) is 13.4. The van der Waals surface area contributed by atoms with Gasteiger partial charge in [-0.15, -0.1) is 0 Å². The number of benzene rings is 1. The van der Waals surface area contributed by atoms with E-state index in [2.05, 4.69) is 5.32 Å². The predicted molar refractivity (Wildman–Crippen MR) is 164 cm³/mol. The molecule has 0 bridgehead atoms. The molecule has 2 fully saturated rings. The largest absolute Gasteiger partial charge is 0.455 e. The van der Waals surface area contributed by atoms with Crippen LogP contribution >= 0.6 is 0 Å². The molecule has 7 atom stereocenters. The van der Waals surface area contributed by atoms with E-state index in [0.717, 1.165) is 0 Å². The first-order valence-corrected chi connectivity index (χ1v) is 15.8. The summed E-state index contributed by atoms with van der Waals surface area (Å²) in [6, 6.07) is 7.44. The number of methoxy groups -OCH3 is 1. The average Bonchev–Trinajstić information content (AvgIpc) is 3.37. The van der Waals surface area contributed by atoms with Crippen LogP contribution in [0.2, 0.25) is 0 Å². The van der Waals surface area contributed by atoms with Gasteiger partial charge in [0.05, 0.1) is 24.7 Å². The first kappa shape index (κ1) is 32.8. The van der Waals surface area contributed by atoms with Crippen LogP contribution < -0.4 is 5.32 Å². The Hall–Kier alpha value is -3.54. The molecule has 4 aliphatic heterocycles. The predicted octanol–water partition coefficient (Wildman–Crippen LogP) is 2.30. The topological polar surface area (TPSA) is 135 Å². The number of carbonyl (C=O) groups excluding carboxylic acids is 4. The van der Waals surface area contributed by atoms with Gasteiger partial charge in [-0.1, -0.05) is 54.6 Å². The summed E-state index contributed by atoms with van der Waals surface area (Å²) in [4.78, 5) is 59.5. The monoisotopic (exact) mass is 623 g/mol. The Bertz CT molecular complexity index is 1320. The second-order valence-electron chi connectivity index (χ2n) is 13.2. The number of ether oxygens (including phenoxy) is 3. The van der Waals surface area contributed by atoms with Gasteiger partial charge in [-0.3, -0.25) is 19.2 Å². The third-order valence-corrected chi connectivity index (χ3v) is 9.18. The summed E-state index contributed by atoms with van der Waals surface area (Å²) in [5.41, 5.74) is -1.28. The van der Waals surface area contributed by atoms with E-state index in [1.807, 2.05) is 57.2 Å². The van der Waals surface area contributed by atoms with Gasteiger partial charge in [0.25, 0.3) is 0 Å². The molecule has 4 heterocycles. The molecule has 0 aromatic heterocycles. The number of hydrogen-bond acceptors (Lipinski definition) is 8. The Morgan fingerprint density at radius 3 is 2.51 bits per heavy atom. The van der Waals surface area contributed by atoms with Gasteiger partial charge in [0.15, 0.2) is 0 Å². The Labute approximate surface area is 264 Å². The highest BCUT2D eigenvalue weighted by molar-refractivity contribution is 5.99. The molecule has 0 unspecified atom stereocenters. The molecule has 45 heavy (non-hydrogen) atoms. The summed E-state index contributed by atoms with van der Waals surface area (Å²) in [7, 11) is 1.51. The second-order valence-corrected chi connectivity index (χ2v) is 13.2. The van der Waals surface area contributed by atoms with Crippen molar-refractivity contribution in [2.45, 2.75) is 81.9 Å². The summed E-state index contributed by atoms with van der Waals surface area (Å²) in [6.07, 6.45) is 6.92. The van der Waals surface area contributed by atoms with Gasteiger partial charge in [0.2, 0.25) is 17.7 Å². The maximum absolute atomic E-state index is 14.5. The Kier molecular flexibility index (Phi) is 9.81. The molecule has 244 valence electrons. The number of aliphatic hydroxyl groups excluding tert-OH is 1. The Morgan fingerprint density at radius 1 is 1.07 bits per heavy atom. The number of carbonyl (C=O) groups is 4. The van der Waals surface area contributed by atoms with Gasteiger partial charge in [0, 0.05) is 38.8 Å². The van der Waals surface area contributed by atoms with E-state index in [1.54, 1.807) is 28.0 Å². The number of amides is 3. The summed E-state index contributed by atoms with van der Waals surface area (Å²) in [6.45, 7) is 6.44. The van der Waals surface area contributed by atoms with Gasteiger partial charge in [0.1, 0.15) is 23.7 Å². The number of allylic oxidation sites excluding steroid dienone is 1. The molecular weight excluding hydrogens is 578 g/mol. The van der Waals surface area contributed by atoms with Crippen LogP contribution in [0.3, 0.4) is 0 Å². The van der Waals surface area contributed by atoms with E-state index in [9.17, 15) is 24.3 Å². The van der Waals surface area contributed by atoms with E-state index in [4.69, 9.17) is 14.2 Å². The van der Waals surface area contributed by atoms with Gasteiger partial charge in [-0.2, -0.15) is 0 Å². The minimum Gasteiger partial charge on any atom is -0.455 e. The van der Waals surface area contributed by atoms with Crippen LogP contribution in [0.15, 0.2) is 54.6 Å². The lowest BCUT2D eigenvalue weighted by Gasteiger charge is -2.40. The van der Waals surface area contributed by atoms with Crippen molar-refractivity contribution in [2.75, 3.05) is 33.4 Å². The fourth-order valence-corrected chi connectivity index (χ4v) is 7.13. The minimum absolute atomic E-state index is 0.0401. The number of likely N-dealkylation sites (tertiary alicyclic amines) is 1. The smallest absolute Gasteiger partial charge is 0.313 e. The van der Waals surface area contributed by atoms with Crippen LogP contribution in [0.25, 0.3) is 0 Å². The van der Waals surface area contributed by atoms with Crippen LogP contribution in [0.5, 0.6) is 0 Å². The number of cyclic esters (lactones) is 1. The van der Waals surface area contributed by atoms with Crippen molar-refractivity contribution in [1.82, 2.24) is 15.1 Å². The van der Waals surface area contributed by atoms with Gasteiger partial charge in [-0.25, -0.2) is 0 Å². The van der Waals surface area contributed by atoms with Crippen molar-refractivity contribution in [1.29, 1.82) is 0 Å². The lowest BCUT2D eigenvalue weighted by Crippen LogP contribution is -2.58. The van der Waals surface area contributed by atoms with Crippen molar-refractivity contribution in [2.24, 2.45) is 11.8 Å². The summed E-state index contributed by atoms with van der Waals surface area (Å²) >= 11 is 0. The molecule has 1 aromatic rings. The van der Waals surface area contributed by atoms with Crippen LogP contribution in [0, 0.1) is 11.8 Å². The van der Waals surface area contributed by atoms with E-state index >= 15 is 0 Å². The highest BCUT2D eigenvalue weighted by Crippen LogP contribution is 2.53. The van der Waals surface area contributed by atoms with Gasteiger partial charge >= 0.3 is 5.97 Å². The van der Waals surface area contributed by atoms with Crippen molar-refractivity contribution < 1.29 is 38.5 Å². The van der Waals surface area contributed by atoms with Crippen molar-refractivity contribution in [3.63, 3.8) is 0 Å². The molecule has 4 aliphatic rings. The zero-order valence-electron chi connectivity index (χ0n) is 26.5. The normalized spacial score (nSPS) is 32.9. The number of fused-ring (bicyclic) bond motifs is 2. The van der Waals surface area contributed by atoms with Gasteiger partial charge in [-0.05, 0) is 45.6 Å². The van der Waals surface area contributed by atoms with Crippen LogP contribution in [-0.2, 0) is 33.4 Å². The van der Waals surface area contributed by atoms with Crippen molar-refractivity contribution in [3.05, 3.63) is 60.2 Å². The van der Waals surface area contributed by atoms with E-state index in [1.165, 1.54) is 7.11 Å². The molecule has 0 radical (unpaired) electrons. The zero-order valence-corrected chi connectivity index (χ0v) is 26.5. The summed E-state index contributed by atoms with van der Waals surface area (Å²) in [5, 5.41) is 12.4. The molecule has 0 aliphatic carbocycles.